The minimum Gasteiger partial charge on any atom is -0.469 e. The molecule has 0 spiro atoms. The topological polar surface area (TPSA) is 73.2 Å². The van der Waals surface area contributed by atoms with Crippen LogP contribution in [0.3, 0.4) is 0 Å². The maximum absolute atomic E-state index is 13.7. The molecule has 0 aliphatic heterocycles. The molecule has 1 fully saturated rings. The summed E-state index contributed by atoms with van der Waals surface area (Å²) < 4.78 is 47.6. The van der Waals surface area contributed by atoms with E-state index < -0.39 is 17.6 Å². The molecule has 1 aliphatic carbocycles. The van der Waals surface area contributed by atoms with Crippen molar-refractivity contribution in [3.8, 4) is 0 Å². The maximum atomic E-state index is 13.7. The maximum Gasteiger partial charge on any atom is 0.416 e. The summed E-state index contributed by atoms with van der Waals surface area (Å²) in [6.45, 7) is 0.634. The fourth-order valence-corrected chi connectivity index (χ4v) is 5.29. The lowest BCUT2D eigenvalue weighted by molar-refractivity contribution is -0.146. The van der Waals surface area contributed by atoms with E-state index in [9.17, 15) is 22.8 Å². The second kappa shape index (κ2) is 10.5. The highest BCUT2D eigenvalue weighted by molar-refractivity contribution is 6.06. The summed E-state index contributed by atoms with van der Waals surface area (Å²) in [6.07, 6.45) is -0.0839. The van der Waals surface area contributed by atoms with E-state index in [4.69, 9.17) is 4.74 Å². The fourth-order valence-electron chi connectivity index (χ4n) is 5.29. The number of halogens is 3. The van der Waals surface area contributed by atoms with E-state index in [1.807, 2.05) is 36.4 Å². The van der Waals surface area contributed by atoms with Gasteiger partial charge in [0.2, 0.25) is 0 Å². The number of pyridine rings is 1. The predicted octanol–water partition coefficient (Wildman–Crippen LogP) is 5.97. The molecule has 5 rings (SSSR count). The van der Waals surface area contributed by atoms with Crippen LogP contribution in [-0.4, -0.2) is 35.1 Å². The summed E-state index contributed by atoms with van der Waals surface area (Å²) in [7, 11) is 1.37. The third-order valence-corrected chi connectivity index (χ3v) is 7.35. The van der Waals surface area contributed by atoms with E-state index in [0.29, 0.717) is 36.8 Å². The van der Waals surface area contributed by atoms with Crippen LogP contribution < -0.4 is 5.32 Å². The molecule has 2 aromatic heterocycles. The Morgan fingerprint density at radius 3 is 2.53 bits per heavy atom. The van der Waals surface area contributed by atoms with Crippen molar-refractivity contribution in [1.29, 1.82) is 0 Å². The number of hydrogen-bond acceptors (Lipinski definition) is 4. The number of benzene rings is 2. The zero-order valence-electron chi connectivity index (χ0n) is 20.9. The fraction of sp³-hybridized carbons (Fsp3) is 0.345. The highest BCUT2D eigenvalue weighted by atomic mass is 19.4. The molecule has 38 heavy (non-hydrogen) atoms. The van der Waals surface area contributed by atoms with Crippen molar-refractivity contribution < 1.29 is 27.5 Å². The molecule has 0 radical (unpaired) electrons. The number of hydrogen-bond donors (Lipinski definition) is 1. The van der Waals surface area contributed by atoms with E-state index >= 15 is 0 Å². The first-order valence-electron chi connectivity index (χ1n) is 12.6. The number of ether oxygens (including phenoxy) is 1. The molecule has 0 saturated heterocycles. The number of amides is 1. The molecule has 0 atom stereocenters. The molecule has 0 unspecified atom stereocenters. The van der Waals surface area contributed by atoms with Crippen LogP contribution in [-0.2, 0) is 22.3 Å². The lowest BCUT2D eigenvalue weighted by atomic mass is 9.82. The molecule has 4 aromatic rings. The second-order valence-electron chi connectivity index (χ2n) is 9.85. The number of aromatic nitrogens is 2. The van der Waals surface area contributed by atoms with E-state index in [2.05, 4.69) is 10.3 Å². The Morgan fingerprint density at radius 1 is 1.03 bits per heavy atom. The van der Waals surface area contributed by atoms with Gasteiger partial charge in [0.05, 0.1) is 47.4 Å². The van der Waals surface area contributed by atoms with E-state index in [-0.39, 0.29) is 23.4 Å². The number of alkyl halides is 3. The molecule has 1 amide bonds. The van der Waals surface area contributed by atoms with Crippen molar-refractivity contribution in [2.75, 3.05) is 13.7 Å². The molecule has 0 bridgehead atoms. The van der Waals surface area contributed by atoms with Crippen molar-refractivity contribution in [2.24, 2.45) is 11.8 Å². The standard InChI is InChI=1S/C29H28F3N3O3/c1-38-28(37)20-8-6-18(7-9-20)16-33-27(36)24-15-22(29(30,31)32)14-21-12-13-35(26(21)24)17-23-11-10-19-4-2-3-5-25(19)34-23/h2-5,10-15,18,20H,6-9,16-17H2,1H3,(H,33,36). The van der Waals surface area contributed by atoms with Crippen molar-refractivity contribution >= 4 is 33.7 Å². The first kappa shape index (κ1) is 25.8. The van der Waals surface area contributed by atoms with Gasteiger partial charge < -0.3 is 14.6 Å². The van der Waals surface area contributed by atoms with Crippen LogP contribution in [0.2, 0.25) is 0 Å². The zero-order chi connectivity index (χ0) is 26.9. The molecular weight excluding hydrogens is 495 g/mol. The Bertz CT molecular complexity index is 1490. The van der Waals surface area contributed by atoms with Gasteiger partial charge in [-0.25, -0.2) is 0 Å². The number of carbonyl (C=O) groups is 2. The van der Waals surface area contributed by atoms with Gasteiger partial charge in [-0.3, -0.25) is 14.6 Å². The van der Waals surface area contributed by atoms with Crippen molar-refractivity contribution in [2.45, 2.75) is 38.4 Å². The van der Waals surface area contributed by atoms with E-state index in [1.165, 1.54) is 7.11 Å². The number of carbonyl (C=O) groups excluding carboxylic acids is 2. The van der Waals surface area contributed by atoms with Crippen LogP contribution in [0.15, 0.2) is 60.8 Å². The predicted molar refractivity (Wildman–Crippen MR) is 138 cm³/mol. The molecular formula is C29H28F3N3O3. The Balaban J connectivity index is 1.40. The van der Waals surface area contributed by atoms with Gasteiger partial charge in [-0.1, -0.05) is 24.3 Å². The zero-order valence-corrected chi connectivity index (χ0v) is 20.9. The largest absolute Gasteiger partial charge is 0.469 e. The van der Waals surface area contributed by atoms with Gasteiger partial charge in [-0.15, -0.1) is 0 Å². The van der Waals surface area contributed by atoms with Crippen LogP contribution in [0.5, 0.6) is 0 Å². The Kier molecular flexibility index (Phi) is 7.10. The van der Waals surface area contributed by atoms with Gasteiger partial charge in [0, 0.05) is 23.5 Å². The van der Waals surface area contributed by atoms with Crippen LogP contribution in [0.25, 0.3) is 21.8 Å². The number of nitrogens with zero attached hydrogens (tertiary/aromatic N) is 2. The van der Waals surface area contributed by atoms with Gasteiger partial charge in [0.25, 0.3) is 5.91 Å². The van der Waals surface area contributed by atoms with Crippen LogP contribution in [0, 0.1) is 11.8 Å². The number of rotatable bonds is 6. The average molecular weight is 524 g/mol. The number of esters is 1. The van der Waals surface area contributed by atoms with Gasteiger partial charge in [-0.2, -0.15) is 13.2 Å². The quantitative estimate of drug-likeness (QED) is 0.316. The van der Waals surface area contributed by atoms with Gasteiger partial charge in [0.15, 0.2) is 0 Å². The molecule has 1 N–H and O–H groups in total. The summed E-state index contributed by atoms with van der Waals surface area (Å²) in [5.41, 5.74) is 1.09. The minimum absolute atomic E-state index is 0.0242. The Hall–Kier alpha value is -3.88. The average Bonchev–Trinajstić information content (AvgIpc) is 3.33. The van der Waals surface area contributed by atoms with Crippen LogP contribution >= 0.6 is 0 Å². The molecule has 9 heteroatoms. The van der Waals surface area contributed by atoms with Crippen molar-refractivity contribution in [3.05, 3.63) is 77.6 Å². The molecule has 2 aromatic carbocycles. The highest BCUT2D eigenvalue weighted by Crippen LogP contribution is 2.34. The first-order valence-corrected chi connectivity index (χ1v) is 12.6. The van der Waals surface area contributed by atoms with Crippen LogP contribution in [0.4, 0.5) is 13.2 Å². The molecule has 198 valence electrons. The van der Waals surface area contributed by atoms with Crippen LogP contribution in [0.1, 0.15) is 47.3 Å². The van der Waals surface area contributed by atoms with Gasteiger partial charge in [0.1, 0.15) is 0 Å². The number of nitrogens with one attached hydrogen (secondary N) is 1. The smallest absolute Gasteiger partial charge is 0.416 e. The van der Waals surface area contributed by atoms with Crippen molar-refractivity contribution in [3.63, 3.8) is 0 Å². The summed E-state index contributed by atoms with van der Waals surface area (Å²) in [5.74, 6) is -0.764. The first-order chi connectivity index (χ1) is 18.2. The molecule has 1 aliphatic rings. The summed E-state index contributed by atoms with van der Waals surface area (Å²) in [5, 5.41) is 4.18. The Labute approximate surface area is 217 Å². The lowest BCUT2D eigenvalue weighted by Gasteiger charge is -2.27. The van der Waals surface area contributed by atoms with E-state index in [0.717, 1.165) is 41.6 Å². The summed E-state index contributed by atoms with van der Waals surface area (Å²) >= 11 is 0. The summed E-state index contributed by atoms with van der Waals surface area (Å²) in [4.78, 5) is 29.7. The van der Waals surface area contributed by atoms with Crippen molar-refractivity contribution in [1.82, 2.24) is 14.9 Å². The van der Waals surface area contributed by atoms with Gasteiger partial charge >= 0.3 is 12.1 Å². The van der Waals surface area contributed by atoms with Gasteiger partial charge in [-0.05, 0) is 61.9 Å². The van der Waals surface area contributed by atoms with E-state index in [1.54, 1.807) is 16.8 Å². The normalized spacial score (nSPS) is 18.0. The third-order valence-electron chi connectivity index (χ3n) is 7.35. The second-order valence-corrected chi connectivity index (χ2v) is 9.85. The lowest BCUT2D eigenvalue weighted by Crippen LogP contribution is -2.33. The minimum atomic E-state index is -4.59. The molecule has 2 heterocycles. The monoisotopic (exact) mass is 523 g/mol. The summed E-state index contributed by atoms with van der Waals surface area (Å²) in [6, 6.07) is 15.1. The molecule has 1 saturated carbocycles. The highest BCUT2D eigenvalue weighted by Gasteiger charge is 2.33. The number of para-hydroxylation sites is 1. The number of fused-ring (bicyclic) bond motifs is 2. The SMILES string of the molecule is COC(=O)C1CCC(CNC(=O)c2cc(C(F)(F)F)cc3ccn(Cc4ccc5ccccc5n4)c23)CC1. The molecule has 6 nitrogen and oxygen atoms in total. The third kappa shape index (κ3) is 5.37. The number of methoxy groups -OCH3 is 1. The Morgan fingerprint density at radius 2 is 1.79 bits per heavy atom.